The smallest absolute Gasteiger partial charge is 0.420 e. The van der Waals surface area contributed by atoms with Gasteiger partial charge in [0, 0.05) is 12.2 Å². The summed E-state index contributed by atoms with van der Waals surface area (Å²) in [6, 6.07) is 0. The summed E-state index contributed by atoms with van der Waals surface area (Å²) in [6.07, 6.45) is -4.34. The van der Waals surface area contributed by atoms with Crippen molar-refractivity contribution < 1.29 is 37.5 Å². The molecule has 1 aromatic rings. The van der Waals surface area contributed by atoms with Gasteiger partial charge in [-0.2, -0.15) is 13.2 Å². The predicted octanol–water partition coefficient (Wildman–Crippen LogP) is 0.546. The SMILES string of the molecule is Cc1c(C(=O)O)c2n(c1C(=O)C(=O)N[C@](C)(C(N)=O)C(F)(F)F)CCC2. The molecule has 0 aromatic carbocycles. The summed E-state index contributed by atoms with van der Waals surface area (Å²) in [7, 11) is 0. The molecule has 1 aromatic heterocycles. The Bertz CT molecular complexity index is 827. The van der Waals surface area contributed by atoms with Crippen LogP contribution in [-0.4, -0.2) is 45.0 Å². The van der Waals surface area contributed by atoms with Crippen LogP contribution in [0.15, 0.2) is 0 Å². The lowest BCUT2D eigenvalue weighted by Crippen LogP contribution is -2.65. The summed E-state index contributed by atoms with van der Waals surface area (Å²) in [5.74, 6) is -6.25. The third-order valence-corrected chi connectivity index (χ3v) is 4.47. The number of primary amides is 1. The molecule has 26 heavy (non-hydrogen) atoms. The van der Waals surface area contributed by atoms with Crippen molar-refractivity contribution in [3.63, 3.8) is 0 Å². The van der Waals surface area contributed by atoms with E-state index in [4.69, 9.17) is 5.73 Å². The van der Waals surface area contributed by atoms with Gasteiger partial charge >= 0.3 is 12.1 Å². The number of hydrogen-bond acceptors (Lipinski definition) is 4. The van der Waals surface area contributed by atoms with E-state index in [-0.39, 0.29) is 23.4 Å². The summed E-state index contributed by atoms with van der Waals surface area (Å²) in [5, 5.41) is 10.6. The Labute approximate surface area is 145 Å². The van der Waals surface area contributed by atoms with Crippen LogP contribution in [0, 0.1) is 6.92 Å². The number of carbonyl (C=O) groups excluding carboxylic acids is 3. The van der Waals surface area contributed by atoms with Crippen molar-refractivity contribution in [2.75, 3.05) is 0 Å². The van der Waals surface area contributed by atoms with Crippen molar-refractivity contribution in [3.8, 4) is 0 Å². The first kappa shape index (κ1) is 19.5. The molecule has 1 aliphatic heterocycles. The Morgan fingerprint density at radius 1 is 1.23 bits per heavy atom. The predicted molar refractivity (Wildman–Crippen MR) is 80.6 cm³/mol. The van der Waals surface area contributed by atoms with E-state index >= 15 is 0 Å². The van der Waals surface area contributed by atoms with Crippen LogP contribution in [0.3, 0.4) is 0 Å². The Balaban J connectivity index is 2.45. The summed E-state index contributed by atoms with van der Waals surface area (Å²) in [5.41, 5.74) is 1.17. The highest BCUT2D eigenvalue weighted by atomic mass is 19.4. The number of ketones is 1. The highest BCUT2D eigenvalue weighted by Gasteiger charge is 2.57. The number of amides is 2. The number of nitrogens with zero attached hydrogens (tertiary/aromatic N) is 1. The standard InChI is InChI=1S/C15H16F3N3O5/c1-6-8(12(24)25)7-4-3-5-21(7)9(6)10(22)11(23)20-14(2,13(19)26)15(16,17)18/h3-5H2,1-2H3,(H2,19,26)(H,20,23)(H,24,25)/t14-/m1/s1. The fourth-order valence-corrected chi connectivity index (χ4v) is 2.96. The van der Waals surface area contributed by atoms with Crippen LogP contribution in [0.2, 0.25) is 0 Å². The summed E-state index contributed by atoms with van der Waals surface area (Å²) < 4.78 is 40.6. The number of alkyl halides is 3. The lowest BCUT2D eigenvalue weighted by Gasteiger charge is -2.29. The average Bonchev–Trinajstić information content (AvgIpc) is 3.03. The molecule has 1 aliphatic rings. The average molecular weight is 375 g/mol. The second kappa shape index (κ2) is 6.15. The Morgan fingerprint density at radius 2 is 1.81 bits per heavy atom. The maximum absolute atomic E-state index is 13.1. The number of hydrogen-bond donors (Lipinski definition) is 3. The van der Waals surface area contributed by atoms with Crippen LogP contribution in [-0.2, 0) is 22.6 Å². The molecule has 2 heterocycles. The Hall–Kier alpha value is -2.85. The molecule has 0 fully saturated rings. The first-order valence-corrected chi connectivity index (χ1v) is 7.51. The Morgan fingerprint density at radius 3 is 2.27 bits per heavy atom. The van der Waals surface area contributed by atoms with Gasteiger partial charge in [-0.05, 0) is 32.3 Å². The van der Waals surface area contributed by atoms with E-state index < -0.39 is 35.3 Å². The maximum atomic E-state index is 13.1. The van der Waals surface area contributed by atoms with Gasteiger partial charge in [-0.1, -0.05) is 0 Å². The zero-order valence-corrected chi connectivity index (χ0v) is 13.9. The zero-order chi connectivity index (χ0) is 20.0. The van der Waals surface area contributed by atoms with Crippen LogP contribution in [0.25, 0.3) is 0 Å². The normalized spacial score (nSPS) is 15.9. The molecule has 142 valence electrons. The minimum absolute atomic E-state index is 0.0138. The summed E-state index contributed by atoms with van der Waals surface area (Å²) >= 11 is 0. The molecule has 4 N–H and O–H groups in total. The van der Waals surface area contributed by atoms with Gasteiger partial charge in [0.05, 0.1) is 11.3 Å². The van der Waals surface area contributed by atoms with Crippen LogP contribution >= 0.6 is 0 Å². The van der Waals surface area contributed by atoms with Gasteiger partial charge in [0.15, 0.2) is 0 Å². The van der Waals surface area contributed by atoms with Gasteiger partial charge in [-0.15, -0.1) is 0 Å². The number of rotatable bonds is 5. The number of aromatic carboxylic acids is 1. The van der Waals surface area contributed by atoms with Gasteiger partial charge in [0.1, 0.15) is 0 Å². The maximum Gasteiger partial charge on any atom is 0.420 e. The van der Waals surface area contributed by atoms with Crippen molar-refractivity contribution in [3.05, 3.63) is 22.5 Å². The van der Waals surface area contributed by atoms with E-state index in [0.717, 1.165) is 0 Å². The summed E-state index contributed by atoms with van der Waals surface area (Å²) in [6.45, 7) is 1.90. The highest BCUT2D eigenvalue weighted by Crippen LogP contribution is 2.31. The molecule has 1 atom stereocenters. The second-order valence-corrected chi connectivity index (χ2v) is 6.13. The third-order valence-electron chi connectivity index (χ3n) is 4.47. The molecule has 0 aliphatic carbocycles. The van der Waals surface area contributed by atoms with Gasteiger partial charge < -0.3 is 20.7 Å². The minimum Gasteiger partial charge on any atom is -0.478 e. The minimum atomic E-state index is -5.23. The molecular formula is C15H16F3N3O5. The topological polar surface area (TPSA) is 131 Å². The molecular weight excluding hydrogens is 359 g/mol. The lowest BCUT2D eigenvalue weighted by molar-refractivity contribution is -0.194. The quantitative estimate of drug-likeness (QED) is 0.511. The van der Waals surface area contributed by atoms with Crippen LogP contribution in [0.5, 0.6) is 0 Å². The van der Waals surface area contributed by atoms with Gasteiger partial charge in [-0.3, -0.25) is 14.4 Å². The number of nitrogens with two attached hydrogens (primary N) is 1. The molecule has 0 saturated carbocycles. The van der Waals surface area contributed by atoms with Gasteiger partial charge in [0.25, 0.3) is 17.6 Å². The number of fused-ring (bicyclic) bond motifs is 1. The van der Waals surface area contributed by atoms with Crippen LogP contribution in [0.1, 0.15) is 45.4 Å². The number of carboxylic acids is 1. The zero-order valence-electron chi connectivity index (χ0n) is 13.9. The first-order valence-electron chi connectivity index (χ1n) is 7.51. The van der Waals surface area contributed by atoms with Crippen molar-refractivity contribution in [1.29, 1.82) is 0 Å². The molecule has 11 heteroatoms. The van der Waals surface area contributed by atoms with E-state index in [9.17, 15) is 37.5 Å². The number of carboxylic acid groups (broad SMARTS) is 1. The first-order chi connectivity index (χ1) is 11.8. The van der Waals surface area contributed by atoms with Crippen molar-refractivity contribution in [2.24, 2.45) is 5.73 Å². The number of Topliss-reactive ketones (excluding diaryl/α,β-unsaturated/α-hetero) is 1. The molecule has 2 amide bonds. The molecule has 0 spiro atoms. The largest absolute Gasteiger partial charge is 0.478 e. The third kappa shape index (κ3) is 2.82. The lowest BCUT2D eigenvalue weighted by atomic mass is 9.99. The van der Waals surface area contributed by atoms with Crippen molar-refractivity contribution in [2.45, 2.75) is 44.9 Å². The van der Waals surface area contributed by atoms with E-state index in [0.29, 0.717) is 25.5 Å². The monoisotopic (exact) mass is 375 g/mol. The van der Waals surface area contributed by atoms with E-state index in [2.05, 4.69) is 0 Å². The summed E-state index contributed by atoms with van der Waals surface area (Å²) in [4.78, 5) is 47.2. The fourth-order valence-electron chi connectivity index (χ4n) is 2.96. The molecule has 0 radical (unpaired) electrons. The molecule has 8 nitrogen and oxygen atoms in total. The molecule has 0 unspecified atom stereocenters. The van der Waals surface area contributed by atoms with Crippen LogP contribution in [0.4, 0.5) is 13.2 Å². The van der Waals surface area contributed by atoms with Crippen LogP contribution < -0.4 is 11.1 Å². The van der Waals surface area contributed by atoms with E-state index in [1.54, 1.807) is 0 Å². The molecule has 0 saturated heterocycles. The second-order valence-electron chi connectivity index (χ2n) is 6.13. The van der Waals surface area contributed by atoms with Gasteiger partial charge in [0.2, 0.25) is 5.54 Å². The Kier molecular flexibility index (Phi) is 4.60. The van der Waals surface area contributed by atoms with E-state index in [1.807, 2.05) is 0 Å². The van der Waals surface area contributed by atoms with Crippen molar-refractivity contribution in [1.82, 2.24) is 9.88 Å². The number of nitrogens with one attached hydrogen (secondary N) is 1. The number of aromatic nitrogens is 1. The van der Waals surface area contributed by atoms with Gasteiger partial charge in [-0.25, -0.2) is 4.79 Å². The molecule has 2 rings (SSSR count). The number of carbonyl (C=O) groups is 4. The van der Waals surface area contributed by atoms with E-state index in [1.165, 1.54) is 16.8 Å². The highest BCUT2D eigenvalue weighted by molar-refractivity contribution is 6.43. The fraction of sp³-hybridized carbons (Fsp3) is 0.467. The number of halogens is 3. The molecule has 0 bridgehead atoms. The van der Waals surface area contributed by atoms with Crippen molar-refractivity contribution >= 4 is 23.6 Å².